The van der Waals surface area contributed by atoms with Crippen LogP contribution in [0.4, 0.5) is 11.4 Å². The molecule has 6 aromatic rings. The topological polar surface area (TPSA) is 86.3 Å². The van der Waals surface area contributed by atoms with E-state index in [0.717, 1.165) is 54.6 Å². The Morgan fingerprint density at radius 3 is 1.08 bits per heavy atom. The second-order valence-electron chi connectivity index (χ2n) is 8.67. The van der Waals surface area contributed by atoms with Crippen LogP contribution in [0.2, 0.25) is 0 Å². The molecule has 0 unspecified atom stereocenters. The molecule has 0 aliphatic carbocycles. The van der Waals surface area contributed by atoms with Gasteiger partial charge in [0.25, 0.3) is 11.4 Å². The van der Waals surface area contributed by atoms with Crippen molar-refractivity contribution in [2.24, 2.45) is 0 Å². The van der Waals surface area contributed by atoms with Crippen molar-refractivity contribution >= 4 is 43.7 Å². The van der Waals surface area contributed by atoms with Gasteiger partial charge in [0.05, 0.1) is 9.85 Å². The number of fused-ring (bicyclic) bond motifs is 6. The van der Waals surface area contributed by atoms with Crippen LogP contribution in [0.5, 0.6) is 0 Å². The summed E-state index contributed by atoms with van der Waals surface area (Å²) in [5.74, 6) is 0. The lowest BCUT2D eigenvalue weighted by Gasteiger charge is -2.13. The maximum atomic E-state index is 11.0. The molecule has 0 aromatic heterocycles. The molecular formula is C30H18N2O4. The Hall–Kier alpha value is -5.10. The molecule has 0 amide bonds. The fraction of sp³-hybridized carbons (Fsp3) is 0. The summed E-state index contributed by atoms with van der Waals surface area (Å²) in [7, 11) is 0. The Labute approximate surface area is 205 Å². The van der Waals surface area contributed by atoms with Crippen molar-refractivity contribution in [3.63, 3.8) is 0 Å². The smallest absolute Gasteiger partial charge is 0.258 e. The van der Waals surface area contributed by atoms with Gasteiger partial charge in [-0.2, -0.15) is 0 Å². The van der Waals surface area contributed by atoms with E-state index in [9.17, 15) is 20.2 Å². The third-order valence-electron chi connectivity index (χ3n) is 6.66. The van der Waals surface area contributed by atoms with E-state index in [0.29, 0.717) is 0 Å². The molecule has 6 heteroatoms. The molecule has 6 nitrogen and oxygen atoms in total. The van der Waals surface area contributed by atoms with E-state index in [1.807, 2.05) is 24.3 Å². The van der Waals surface area contributed by atoms with Crippen LogP contribution in [0.15, 0.2) is 109 Å². The first-order valence-electron chi connectivity index (χ1n) is 11.4. The molecule has 0 saturated carbocycles. The van der Waals surface area contributed by atoms with Crippen molar-refractivity contribution in [3.8, 4) is 22.3 Å². The molecule has 0 spiro atoms. The predicted octanol–water partition coefficient (Wildman–Crippen LogP) is 8.30. The van der Waals surface area contributed by atoms with Crippen molar-refractivity contribution < 1.29 is 9.85 Å². The summed E-state index contributed by atoms with van der Waals surface area (Å²) in [4.78, 5) is 21.3. The summed E-state index contributed by atoms with van der Waals surface area (Å²) < 4.78 is 0. The molecule has 0 aliphatic rings. The number of hydrogen-bond donors (Lipinski definition) is 0. The number of nitro benzene ring substituents is 2. The third kappa shape index (κ3) is 3.52. The van der Waals surface area contributed by atoms with Gasteiger partial charge in [-0.3, -0.25) is 20.2 Å². The van der Waals surface area contributed by atoms with Crippen molar-refractivity contribution in [2.45, 2.75) is 0 Å². The zero-order chi connectivity index (χ0) is 24.8. The van der Waals surface area contributed by atoms with Gasteiger partial charge in [0, 0.05) is 24.3 Å². The minimum absolute atomic E-state index is 0.0693. The number of nitrogens with zero attached hydrogens (tertiary/aromatic N) is 2. The zero-order valence-electron chi connectivity index (χ0n) is 18.9. The summed E-state index contributed by atoms with van der Waals surface area (Å²) >= 11 is 0. The summed E-state index contributed by atoms with van der Waals surface area (Å²) in [6.45, 7) is 0. The average molecular weight is 470 g/mol. The Morgan fingerprint density at radius 1 is 0.389 bits per heavy atom. The van der Waals surface area contributed by atoms with Crippen LogP contribution in [0.3, 0.4) is 0 Å². The highest BCUT2D eigenvalue weighted by atomic mass is 16.6. The molecule has 6 rings (SSSR count). The van der Waals surface area contributed by atoms with Gasteiger partial charge >= 0.3 is 0 Å². The Morgan fingerprint density at radius 2 is 0.722 bits per heavy atom. The quantitative estimate of drug-likeness (QED) is 0.147. The number of hydrogen-bond acceptors (Lipinski definition) is 4. The highest BCUT2D eigenvalue weighted by molar-refractivity contribution is 6.26. The summed E-state index contributed by atoms with van der Waals surface area (Å²) in [5, 5.41) is 28.7. The lowest BCUT2D eigenvalue weighted by Crippen LogP contribution is -1.89. The van der Waals surface area contributed by atoms with Gasteiger partial charge in [-0.15, -0.1) is 0 Å². The third-order valence-corrected chi connectivity index (χ3v) is 6.66. The Balaban J connectivity index is 1.55. The molecular weight excluding hydrogens is 452 g/mol. The maximum absolute atomic E-state index is 11.0. The maximum Gasteiger partial charge on any atom is 0.269 e. The van der Waals surface area contributed by atoms with Crippen LogP contribution >= 0.6 is 0 Å². The van der Waals surface area contributed by atoms with Gasteiger partial charge in [-0.25, -0.2) is 0 Å². The fourth-order valence-corrected chi connectivity index (χ4v) is 4.87. The molecule has 172 valence electrons. The van der Waals surface area contributed by atoms with Crippen molar-refractivity contribution in [1.82, 2.24) is 0 Å². The largest absolute Gasteiger partial charge is 0.269 e. The van der Waals surface area contributed by atoms with Crippen LogP contribution in [0, 0.1) is 20.2 Å². The van der Waals surface area contributed by atoms with Crippen LogP contribution in [-0.2, 0) is 0 Å². The van der Waals surface area contributed by atoms with E-state index >= 15 is 0 Å². The lowest BCUT2D eigenvalue weighted by atomic mass is 9.90. The average Bonchev–Trinajstić information content (AvgIpc) is 2.92. The van der Waals surface area contributed by atoms with Crippen LogP contribution in [0.25, 0.3) is 54.6 Å². The molecule has 36 heavy (non-hydrogen) atoms. The van der Waals surface area contributed by atoms with Gasteiger partial charge in [-0.1, -0.05) is 48.5 Å². The number of nitro groups is 2. The molecule has 0 N–H and O–H groups in total. The van der Waals surface area contributed by atoms with Gasteiger partial charge in [0.1, 0.15) is 0 Å². The van der Waals surface area contributed by atoms with Crippen LogP contribution in [-0.4, -0.2) is 9.85 Å². The van der Waals surface area contributed by atoms with E-state index in [-0.39, 0.29) is 11.4 Å². The fourth-order valence-electron chi connectivity index (χ4n) is 4.87. The van der Waals surface area contributed by atoms with E-state index < -0.39 is 9.85 Å². The second-order valence-corrected chi connectivity index (χ2v) is 8.67. The first-order chi connectivity index (χ1) is 17.5. The van der Waals surface area contributed by atoms with Crippen molar-refractivity contribution in [3.05, 3.63) is 129 Å². The monoisotopic (exact) mass is 470 g/mol. The molecule has 6 aromatic carbocycles. The standard InChI is InChI=1S/C30H18N2O4/c33-31(34)23-11-5-19(6-12-23)21-9-15-27-28-16-10-22(20-7-13-24(14-8-20)32(35)36)18-30(28)26-4-2-1-3-25(26)29(27)17-21/h1-18H. The molecule has 0 atom stereocenters. The van der Waals surface area contributed by atoms with E-state index in [2.05, 4.69) is 36.4 Å². The van der Waals surface area contributed by atoms with Gasteiger partial charge < -0.3 is 0 Å². The summed E-state index contributed by atoms with van der Waals surface area (Å²) in [5.41, 5.74) is 3.95. The van der Waals surface area contributed by atoms with Crippen LogP contribution < -0.4 is 0 Å². The van der Waals surface area contributed by atoms with Gasteiger partial charge in [0.15, 0.2) is 0 Å². The van der Waals surface area contributed by atoms with E-state index in [4.69, 9.17) is 0 Å². The minimum Gasteiger partial charge on any atom is -0.258 e. The second kappa shape index (κ2) is 8.29. The molecule has 0 saturated heterocycles. The van der Waals surface area contributed by atoms with Crippen LogP contribution in [0.1, 0.15) is 0 Å². The first kappa shape index (κ1) is 21.4. The molecule has 0 fully saturated rings. The molecule has 0 heterocycles. The number of benzene rings is 6. The zero-order valence-corrected chi connectivity index (χ0v) is 18.9. The highest BCUT2D eigenvalue weighted by Crippen LogP contribution is 2.39. The molecule has 0 bridgehead atoms. The molecule has 0 radical (unpaired) electrons. The SMILES string of the molecule is O=[N+]([O-])c1ccc(-c2ccc3c4ccc(-c5ccc([N+](=O)[O-])cc5)cc4c4ccccc4c3c2)cc1. The minimum atomic E-state index is -0.394. The van der Waals surface area contributed by atoms with E-state index in [1.165, 1.54) is 24.3 Å². The van der Waals surface area contributed by atoms with Crippen molar-refractivity contribution in [2.75, 3.05) is 0 Å². The predicted molar refractivity (Wildman–Crippen MR) is 143 cm³/mol. The summed E-state index contributed by atoms with van der Waals surface area (Å²) in [6, 6.07) is 34.0. The molecule has 0 aliphatic heterocycles. The normalized spacial score (nSPS) is 11.2. The van der Waals surface area contributed by atoms with E-state index in [1.54, 1.807) is 24.3 Å². The number of non-ortho nitro benzene ring substituents is 2. The Bertz CT molecular complexity index is 1670. The first-order valence-corrected chi connectivity index (χ1v) is 11.4. The summed E-state index contributed by atoms with van der Waals surface area (Å²) in [6.07, 6.45) is 0. The lowest BCUT2D eigenvalue weighted by molar-refractivity contribution is -0.385. The number of rotatable bonds is 4. The highest BCUT2D eigenvalue weighted by Gasteiger charge is 2.12. The van der Waals surface area contributed by atoms with Crippen molar-refractivity contribution in [1.29, 1.82) is 0 Å². The van der Waals surface area contributed by atoms with Gasteiger partial charge in [0.2, 0.25) is 0 Å². The Kier molecular flexibility index (Phi) is 4.93. The van der Waals surface area contributed by atoms with Gasteiger partial charge in [-0.05, 0) is 91.0 Å².